The third kappa shape index (κ3) is 2.07. The van der Waals surface area contributed by atoms with E-state index in [1.807, 2.05) is 18.2 Å². The van der Waals surface area contributed by atoms with E-state index in [-0.39, 0.29) is 5.97 Å². The number of aromatic amines is 1. The fourth-order valence-corrected chi connectivity index (χ4v) is 2.50. The molecule has 0 unspecified atom stereocenters. The summed E-state index contributed by atoms with van der Waals surface area (Å²) in [7, 11) is 4.59. The molecule has 0 amide bonds. The monoisotopic (exact) mass is 285 g/mol. The van der Waals surface area contributed by atoms with Gasteiger partial charge in [-0.2, -0.15) is 0 Å². The van der Waals surface area contributed by atoms with Crippen LogP contribution in [0, 0.1) is 0 Å². The zero-order valence-electron chi connectivity index (χ0n) is 12.0. The summed E-state index contributed by atoms with van der Waals surface area (Å²) in [5, 5.41) is 1.83. The zero-order valence-corrected chi connectivity index (χ0v) is 12.0. The van der Waals surface area contributed by atoms with E-state index in [0.717, 1.165) is 21.8 Å². The maximum atomic E-state index is 11.7. The van der Waals surface area contributed by atoms with Crippen LogP contribution in [0.25, 0.3) is 21.8 Å². The van der Waals surface area contributed by atoms with Gasteiger partial charge in [0.1, 0.15) is 11.5 Å². The largest absolute Gasteiger partial charge is 0.497 e. The smallest absolute Gasteiger partial charge is 0.337 e. The Hall–Kier alpha value is -2.69. The van der Waals surface area contributed by atoms with Crippen molar-refractivity contribution in [2.45, 2.75) is 0 Å². The van der Waals surface area contributed by atoms with Crippen LogP contribution in [-0.4, -0.2) is 32.3 Å². The molecule has 3 aromatic rings. The van der Waals surface area contributed by atoms with Crippen molar-refractivity contribution in [2.24, 2.45) is 0 Å². The van der Waals surface area contributed by atoms with Crippen LogP contribution in [0.15, 0.2) is 30.3 Å². The highest BCUT2D eigenvalue weighted by Crippen LogP contribution is 2.36. The summed E-state index contributed by atoms with van der Waals surface area (Å²) in [5.41, 5.74) is 2.32. The molecule has 3 rings (SSSR count). The summed E-state index contributed by atoms with van der Waals surface area (Å²) in [4.78, 5) is 15.0. The summed E-state index contributed by atoms with van der Waals surface area (Å²) in [6.07, 6.45) is 0. The van der Waals surface area contributed by atoms with Gasteiger partial charge in [-0.25, -0.2) is 4.79 Å². The highest BCUT2D eigenvalue weighted by molar-refractivity contribution is 6.12. The fourth-order valence-electron chi connectivity index (χ4n) is 2.50. The minimum Gasteiger partial charge on any atom is -0.497 e. The number of carbonyl (C=O) groups is 1. The van der Waals surface area contributed by atoms with Crippen molar-refractivity contribution in [3.63, 3.8) is 0 Å². The van der Waals surface area contributed by atoms with Gasteiger partial charge in [-0.15, -0.1) is 0 Å². The molecule has 1 N–H and O–H groups in total. The Kier molecular flexibility index (Phi) is 3.17. The number of rotatable bonds is 3. The first kappa shape index (κ1) is 13.3. The molecule has 21 heavy (non-hydrogen) atoms. The number of carbonyl (C=O) groups excluding carboxylic acids is 1. The first-order chi connectivity index (χ1) is 10.2. The molecule has 0 radical (unpaired) electrons. The van der Waals surface area contributed by atoms with Gasteiger partial charge in [0.15, 0.2) is 0 Å². The number of esters is 1. The van der Waals surface area contributed by atoms with Gasteiger partial charge in [0.2, 0.25) is 0 Å². The van der Waals surface area contributed by atoms with Gasteiger partial charge in [-0.1, -0.05) is 0 Å². The van der Waals surface area contributed by atoms with Crippen LogP contribution in [0.3, 0.4) is 0 Å². The van der Waals surface area contributed by atoms with E-state index in [1.165, 1.54) is 7.11 Å². The summed E-state index contributed by atoms with van der Waals surface area (Å²) in [5.74, 6) is 1.04. The molecule has 2 aromatic carbocycles. The second-order valence-electron chi connectivity index (χ2n) is 4.63. The van der Waals surface area contributed by atoms with E-state index in [1.54, 1.807) is 26.4 Å². The number of hydrogen-bond donors (Lipinski definition) is 1. The average Bonchev–Trinajstić information content (AvgIpc) is 2.90. The normalized spacial score (nSPS) is 10.8. The molecule has 0 aliphatic carbocycles. The zero-order chi connectivity index (χ0) is 15.0. The second-order valence-corrected chi connectivity index (χ2v) is 4.63. The number of H-pyrrole nitrogens is 1. The lowest BCUT2D eigenvalue weighted by Gasteiger charge is -2.06. The maximum absolute atomic E-state index is 11.7. The number of nitrogens with one attached hydrogen (secondary N) is 1. The Bertz CT molecular complexity index is 835. The molecule has 1 aromatic heterocycles. The third-order valence-electron chi connectivity index (χ3n) is 3.51. The van der Waals surface area contributed by atoms with Crippen LogP contribution < -0.4 is 9.47 Å². The highest BCUT2D eigenvalue weighted by Gasteiger charge is 2.14. The van der Waals surface area contributed by atoms with Gasteiger partial charge >= 0.3 is 5.97 Å². The number of methoxy groups -OCH3 is 3. The van der Waals surface area contributed by atoms with E-state index >= 15 is 0 Å². The number of aromatic nitrogens is 1. The van der Waals surface area contributed by atoms with Gasteiger partial charge in [-0.3, -0.25) is 0 Å². The van der Waals surface area contributed by atoms with Crippen molar-refractivity contribution >= 4 is 27.8 Å². The topological polar surface area (TPSA) is 60.6 Å². The molecule has 0 aliphatic rings. The maximum Gasteiger partial charge on any atom is 0.337 e. The van der Waals surface area contributed by atoms with E-state index in [0.29, 0.717) is 17.1 Å². The highest BCUT2D eigenvalue weighted by atomic mass is 16.5. The Morgan fingerprint density at radius 2 is 1.81 bits per heavy atom. The Morgan fingerprint density at radius 1 is 1.00 bits per heavy atom. The lowest BCUT2D eigenvalue weighted by Crippen LogP contribution is -2.00. The van der Waals surface area contributed by atoms with E-state index < -0.39 is 0 Å². The van der Waals surface area contributed by atoms with Crippen molar-refractivity contribution < 1.29 is 19.0 Å². The SMILES string of the molecule is COC(=O)c1ccc2[nH]c3cc(OC)cc(OC)c3c2c1. The molecular weight excluding hydrogens is 270 g/mol. The van der Waals surface area contributed by atoms with Crippen LogP contribution in [0.4, 0.5) is 0 Å². The molecule has 1 heterocycles. The quantitative estimate of drug-likeness (QED) is 0.751. The molecular formula is C16H15NO4. The van der Waals surface area contributed by atoms with Crippen molar-refractivity contribution in [3.05, 3.63) is 35.9 Å². The molecule has 0 bridgehead atoms. The summed E-state index contributed by atoms with van der Waals surface area (Å²) >= 11 is 0. The summed E-state index contributed by atoms with van der Waals surface area (Å²) < 4.78 is 15.5. The van der Waals surface area contributed by atoms with Crippen molar-refractivity contribution in [1.82, 2.24) is 4.98 Å². The van der Waals surface area contributed by atoms with Crippen molar-refractivity contribution in [2.75, 3.05) is 21.3 Å². The molecule has 5 nitrogen and oxygen atoms in total. The third-order valence-corrected chi connectivity index (χ3v) is 3.51. The number of benzene rings is 2. The van der Waals surface area contributed by atoms with E-state index in [4.69, 9.17) is 14.2 Å². The molecule has 0 spiro atoms. The van der Waals surface area contributed by atoms with Crippen LogP contribution in [0.5, 0.6) is 11.5 Å². The van der Waals surface area contributed by atoms with E-state index in [2.05, 4.69) is 4.98 Å². The second kappa shape index (κ2) is 5.01. The number of hydrogen-bond acceptors (Lipinski definition) is 4. The average molecular weight is 285 g/mol. The summed E-state index contributed by atoms with van der Waals surface area (Å²) in [6, 6.07) is 9.10. The van der Waals surface area contributed by atoms with Gasteiger partial charge in [0, 0.05) is 28.4 Å². The first-order valence-corrected chi connectivity index (χ1v) is 6.43. The molecule has 0 atom stereocenters. The minimum atomic E-state index is -0.362. The molecule has 0 aliphatic heterocycles. The lowest BCUT2D eigenvalue weighted by molar-refractivity contribution is 0.0601. The first-order valence-electron chi connectivity index (χ1n) is 6.43. The Labute approximate surface area is 121 Å². The van der Waals surface area contributed by atoms with Crippen LogP contribution in [0.1, 0.15) is 10.4 Å². The molecule has 108 valence electrons. The van der Waals surface area contributed by atoms with Gasteiger partial charge in [-0.05, 0) is 18.2 Å². The molecule has 5 heteroatoms. The molecule has 0 fully saturated rings. The van der Waals surface area contributed by atoms with Crippen molar-refractivity contribution in [3.8, 4) is 11.5 Å². The predicted molar refractivity (Wildman–Crippen MR) is 80.2 cm³/mol. The standard InChI is InChI=1S/C16H15NO4/c1-19-10-7-13-15(14(8-10)20-2)11-6-9(16(18)21-3)4-5-12(11)17-13/h4-8,17H,1-3H3. The van der Waals surface area contributed by atoms with Crippen LogP contribution in [0.2, 0.25) is 0 Å². The van der Waals surface area contributed by atoms with Crippen LogP contribution >= 0.6 is 0 Å². The molecule has 0 saturated heterocycles. The minimum absolute atomic E-state index is 0.362. The van der Waals surface area contributed by atoms with Crippen molar-refractivity contribution in [1.29, 1.82) is 0 Å². The van der Waals surface area contributed by atoms with Gasteiger partial charge < -0.3 is 19.2 Å². The predicted octanol–water partition coefficient (Wildman–Crippen LogP) is 3.12. The number of ether oxygens (including phenoxy) is 3. The lowest BCUT2D eigenvalue weighted by atomic mass is 10.1. The number of fused-ring (bicyclic) bond motifs is 3. The molecule has 0 saturated carbocycles. The summed E-state index contributed by atoms with van der Waals surface area (Å²) in [6.45, 7) is 0. The van der Waals surface area contributed by atoms with Gasteiger partial charge in [0.25, 0.3) is 0 Å². The Morgan fingerprint density at radius 3 is 2.48 bits per heavy atom. The fraction of sp³-hybridized carbons (Fsp3) is 0.188. The van der Waals surface area contributed by atoms with E-state index in [9.17, 15) is 4.79 Å². The van der Waals surface area contributed by atoms with Crippen LogP contribution in [-0.2, 0) is 4.74 Å². The Balaban J connectivity index is 2.35. The van der Waals surface area contributed by atoms with Gasteiger partial charge in [0.05, 0.1) is 32.4 Å².